The fourth-order valence-electron chi connectivity index (χ4n) is 4.14. The first-order valence-corrected chi connectivity index (χ1v) is 13.0. The summed E-state index contributed by atoms with van der Waals surface area (Å²) in [6, 6.07) is 7.83. The first-order chi connectivity index (χ1) is 15.3. The van der Waals surface area contributed by atoms with Crippen molar-refractivity contribution < 1.29 is 18.0 Å². The van der Waals surface area contributed by atoms with Gasteiger partial charge in [-0.15, -0.1) is 0 Å². The lowest BCUT2D eigenvalue weighted by atomic mass is 10.1. The first-order valence-electron chi connectivity index (χ1n) is 11.4. The number of aryl methyl sites for hydroxylation is 1. The van der Waals surface area contributed by atoms with Gasteiger partial charge in [0.15, 0.2) is 0 Å². The number of carbonyl (C=O) groups is 2. The molecule has 0 spiro atoms. The molecule has 178 valence electrons. The lowest BCUT2D eigenvalue weighted by Crippen LogP contribution is -2.55. The topological polar surface area (TPSA) is 93.3 Å². The van der Waals surface area contributed by atoms with Crippen LogP contribution in [0.3, 0.4) is 0 Å². The monoisotopic (exact) mass is 465 g/mol. The molecule has 0 aromatic heterocycles. The average Bonchev–Trinajstić information content (AvgIpc) is 2.80. The second-order valence-electron chi connectivity index (χ2n) is 8.29. The van der Waals surface area contributed by atoms with E-state index in [0.717, 1.165) is 17.7 Å². The van der Waals surface area contributed by atoms with Gasteiger partial charge in [0.05, 0.1) is 18.8 Å². The van der Waals surface area contributed by atoms with Gasteiger partial charge in [-0.25, -0.2) is 8.42 Å². The van der Waals surface area contributed by atoms with Gasteiger partial charge in [-0.1, -0.05) is 25.1 Å². The molecular weight excluding hydrogens is 430 g/mol. The average molecular weight is 466 g/mol. The van der Waals surface area contributed by atoms with Crippen LogP contribution in [-0.4, -0.2) is 110 Å². The Morgan fingerprint density at radius 3 is 2.09 bits per heavy atom. The van der Waals surface area contributed by atoms with E-state index in [4.69, 9.17) is 0 Å². The molecule has 0 atom stereocenters. The molecular formula is C22H35N5O4S. The Hall–Kier alpha value is -2.01. The molecule has 10 heteroatoms. The zero-order valence-corrected chi connectivity index (χ0v) is 19.9. The zero-order chi connectivity index (χ0) is 23.1. The Kier molecular flexibility index (Phi) is 8.64. The standard InChI is InChI=1S/C22H35N5O4S/c1-3-19-7-5-6-8-20(19)23-21(28)17-24-9-13-26(14-10-24)22(29)18-25-11-15-27(16-12-25)32(30,31)4-2/h5-8H,3-4,9-18H2,1-2H3,(H,23,28). The summed E-state index contributed by atoms with van der Waals surface area (Å²) in [5.41, 5.74) is 1.98. The van der Waals surface area contributed by atoms with Crippen LogP contribution < -0.4 is 5.32 Å². The minimum absolute atomic E-state index is 0.0365. The Morgan fingerprint density at radius 1 is 0.875 bits per heavy atom. The largest absolute Gasteiger partial charge is 0.339 e. The molecule has 0 aliphatic carbocycles. The highest BCUT2D eigenvalue weighted by atomic mass is 32.2. The van der Waals surface area contributed by atoms with E-state index in [1.165, 1.54) is 4.31 Å². The van der Waals surface area contributed by atoms with Crippen LogP contribution >= 0.6 is 0 Å². The quantitative estimate of drug-likeness (QED) is 0.594. The number of para-hydroxylation sites is 1. The first kappa shape index (κ1) is 24.6. The number of rotatable bonds is 8. The number of piperazine rings is 2. The highest BCUT2D eigenvalue weighted by Crippen LogP contribution is 2.15. The van der Waals surface area contributed by atoms with E-state index in [0.29, 0.717) is 65.4 Å². The van der Waals surface area contributed by atoms with Crippen molar-refractivity contribution in [3.05, 3.63) is 29.8 Å². The Bertz CT molecular complexity index is 891. The predicted octanol–water partition coefficient (Wildman–Crippen LogP) is 0.299. The molecule has 2 heterocycles. The third-order valence-electron chi connectivity index (χ3n) is 6.21. The third-order valence-corrected chi connectivity index (χ3v) is 8.09. The SMILES string of the molecule is CCc1ccccc1NC(=O)CN1CCN(C(=O)CN2CCN(S(=O)(=O)CC)CC2)CC1. The van der Waals surface area contributed by atoms with Crippen LogP contribution in [0, 0.1) is 0 Å². The smallest absolute Gasteiger partial charge is 0.238 e. The minimum atomic E-state index is -3.16. The number of hydrogen-bond donors (Lipinski definition) is 1. The van der Waals surface area contributed by atoms with Crippen molar-refractivity contribution in [2.45, 2.75) is 20.3 Å². The maximum Gasteiger partial charge on any atom is 0.238 e. The van der Waals surface area contributed by atoms with Crippen molar-refractivity contribution in [1.29, 1.82) is 0 Å². The molecule has 2 aliphatic rings. The minimum Gasteiger partial charge on any atom is -0.339 e. The maximum absolute atomic E-state index is 12.7. The fourth-order valence-corrected chi connectivity index (χ4v) is 5.22. The van der Waals surface area contributed by atoms with E-state index in [1.54, 1.807) is 6.92 Å². The molecule has 0 radical (unpaired) electrons. The van der Waals surface area contributed by atoms with E-state index >= 15 is 0 Å². The van der Waals surface area contributed by atoms with Crippen LogP contribution in [0.2, 0.25) is 0 Å². The summed E-state index contributed by atoms with van der Waals surface area (Å²) in [5, 5.41) is 3.00. The van der Waals surface area contributed by atoms with E-state index in [2.05, 4.69) is 17.1 Å². The van der Waals surface area contributed by atoms with Crippen molar-refractivity contribution in [3.8, 4) is 0 Å². The molecule has 2 amide bonds. The number of carbonyl (C=O) groups excluding carboxylic acids is 2. The molecule has 9 nitrogen and oxygen atoms in total. The molecule has 32 heavy (non-hydrogen) atoms. The normalized spacial score (nSPS) is 19.1. The summed E-state index contributed by atoms with van der Waals surface area (Å²) in [7, 11) is -3.16. The molecule has 1 N–H and O–H groups in total. The zero-order valence-electron chi connectivity index (χ0n) is 19.1. The van der Waals surface area contributed by atoms with Gasteiger partial charge in [0, 0.05) is 58.0 Å². The van der Waals surface area contributed by atoms with Gasteiger partial charge in [-0.05, 0) is 25.0 Å². The molecule has 2 fully saturated rings. The van der Waals surface area contributed by atoms with Crippen LogP contribution in [0.25, 0.3) is 0 Å². The van der Waals surface area contributed by atoms with E-state index in [1.807, 2.05) is 34.1 Å². The molecule has 0 unspecified atom stereocenters. The summed E-state index contributed by atoms with van der Waals surface area (Å²) in [6.07, 6.45) is 0.862. The molecule has 2 saturated heterocycles. The maximum atomic E-state index is 12.7. The number of benzene rings is 1. The van der Waals surface area contributed by atoms with E-state index < -0.39 is 10.0 Å². The van der Waals surface area contributed by atoms with Crippen molar-refractivity contribution in [1.82, 2.24) is 19.0 Å². The molecule has 2 aliphatic heterocycles. The van der Waals surface area contributed by atoms with Crippen molar-refractivity contribution in [2.24, 2.45) is 0 Å². The summed E-state index contributed by atoms with van der Waals surface area (Å²) in [6.45, 7) is 8.89. The van der Waals surface area contributed by atoms with Crippen LogP contribution in [0.5, 0.6) is 0 Å². The number of sulfonamides is 1. The summed E-state index contributed by atoms with van der Waals surface area (Å²) in [4.78, 5) is 31.1. The van der Waals surface area contributed by atoms with Crippen molar-refractivity contribution in [3.63, 3.8) is 0 Å². The van der Waals surface area contributed by atoms with Crippen molar-refractivity contribution >= 4 is 27.5 Å². The number of hydrogen-bond acceptors (Lipinski definition) is 6. The third kappa shape index (κ3) is 6.50. The van der Waals surface area contributed by atoms with Gasteiger partial charge >= 0.3 is 0 Å². The van der Waals surface area contributed by atoms with Gasteiger partial charge in [0.25, 0.3) is 0 Å². The number of nitrogens with one attached hydrogen (secondary N) is 1. The fraction of sp³-hybridized carbons (Fsp3) is 0.636. The summed E-state index contributed by atoms with van der Waals surface area (Å²) < 4.78 is 25.5. The lowest BCUT2D eigenvalue weighted by molar-refractivity contribution is -0.134. The van der Waals surface area contributed by atoms with Gasteiger partial charge in [-0.3, -0.25) is 19.4 Å². The Labute approximate surface area is 191 Å². The van der Waals surface area contributed by atoms with E-state index in [9.17, 15) is 18.0 Å². The number of anilines is 1. The van der Waals surface area contributed by atoms with Gasteiger partial charge < -0.3 is 10.2 Å². The second-order valence-corrected chi connectivity index (χ2v) is 10.5. The van der Waals surface area contributed by atoms with Crippen molar-refractivity contribution in [2.75, 3.05) is 76.5 Å². The lowest BCUT2D eigenvalue weighted by Gasteiger charge is -2.37. The van der Waals surface area contributed by atoms with E-state index in [-0.39, 0.29) is 17.6 Å². The highest BCUT2D eigenvalue weighted by Gasteiger charge is 2.28. The Morgan fingerprint density at radius 2 is 1.47 bits per heavy atom. The molecule has 3 rings (SSSR count). The van der Waals surface area contributed by atoms with Crippen LogP contribution in [0.4, 0.5) is 5.69 Å². The molecule has 1 aromatic carbocycles. The second kappa shape index (κ2) is 11.2. The molecule has 0 saturated carbocycles. The Balaban J connectivity index is 1.39. The van der Waals surface area contributed by atoms with Crippen LogP contribution in [0.1, 0.15) is 19.4 Å². The molecule has 0 bridgehead atoms. The van der Waals surface area contributed by atoms with Gasteiger partial charge in [0.2, 0.25) is 21.8 Å². The van der Waals surface area contributed by atoms with Crippen LogP contribution in [-0.2, 0) is 26.0 Å². The predicted molar refractivity (Wildman–Crippen MR) is 125 cm³/mol. The molecule has 1 aromatic rings. The summed E-state index contributed by atoms with van der Waals surface area (Å²) >= 11 is 0. The van der Waals surface area contributed by atoms with Gasteiger partial charge in [0.1, 0.15) is 0 Å². The summed E-state index contributed by atoms with van der Waals surface area (Å²) in [5.74, 6) is 0.141. The van der Waals surface area contributed by atoms with Gasteiger partial charge in [-0.2, -0.15) is 4.31 Å². The highest BCUT2D eigenvalue weighted by molar-refractivity contribution is 7.89. The number of amides is 2. The number of nitrogens with zero attached hydrogens (tertiary/aromatic N) is 4. The van der Waals surface area contributed by atoms with Crippen LogP contribution in [0.15, 0.2) is 24.3 Å².